The molecule has 1 unspecified atom stereocenters. The van der Waals surface area contributed by atoms with Crippen molar-refractivity contribution in [1.29, 1.82) is 0 Å². The maximum absolute atomic E-state index is 5.58. The van der Waals surface area contributed by atoms with Crippen LogP contribution in [0.3, 0.4) is 0 Å². The van der Waals surface area contributed by atoms with E-state index in [9.17, 15) is 0 Å². The Labute approximate surface area is 100 Å². The van der Waals surface area contributed by atoms with E-state index >= 15 is 0 Å². The predicted molar refractivity (Wildman–Crippen MR) is 64.9 cm³/mol. The zero-order chi connectivity index (χ0) is 12.3. The van der Waals surface area contributed by atoms with E-state index < -0.39 is 0 Å². The summed E-state index contributed by atoms with van der Waals surface area (Å²) in [7, 11) is 0. The Morgan fingerprint density at radius 2 is 1.94 bits per heavy atom. The normalized spacial score (nSPS) is 12.4. The van der Waals surface area contributed by atoms with Crippen LogP contribution < -0.4 is 11.3 Å². The molecule has 0 bridgehead atoms. The Morgan fingerprint density at radius 1 is 1.12 bits per heavy atom. The van der Waals surface area contributed by atoms with Gasteiger partial charge in [-0.1, -0.05) is 6.07 Å². The van der Waals surface area contributed by atoms with Crippen LogP contribution in [-0.4, -0.2) is 15.0 Å². The highest BCUT2D eigenvalue weighted by Crippen LogP contribution is 2.18. The molecule has 5 nitrogen and oxygen atoms in total. The van der Waals surface area contributed by atoms with Gasteiger partial charge in [-0.2, -0.15) is 0 Å². The lowest BCUT2D eigenvalue weighted by Crippen LogP contribution is -2.29. The standard InChI is InChI=1S/C12H15N5/c1-8-3-10(6-14-4-8)12(17-13)11-7-15-9(2)5-16-11/h3-7,12,17H,13H2,1-2H3. The lowest BCUT2D eigenvalue weighted by molar-refractivity contribution is 0.614. The molecule has 1 atom stereocenters. The molecule has 2 aromatic heterocycles. The van der Waals surface area contributed by atoms with Crippen LogP contribution in [0.15, 0.2) is 30.9 Å². The smallest absolute Gasteiger partial charge is 0.0911 e. The Morgan fingerprint density at radius 3 is 2.53 bits per heavy atom. The predicted octanol–water partition coefficient (Wildman–Crippen LogP) is 1.04. The third-order valence-corrected chi connectivity index (χ3v) is 2.49. The van der Waals surface area contributed by atoms with Crippen LogP contribution in [0, 0.1) is 13.8 Å². The van der Waals surface area contributed by atoms with Crippen LogP contribution in [0.1, 0.15) is 28.6 Å². The monoisotopic (exact) mass is 229 g/mol. The summed E-state index contributed by atoms with van der Waals surface area (Å²) in [6, 6.07) is 1.84. The number of nitrogens with zero attached hydrogens (tertiary/aromatic N) is 3. The summed E-state index contributed by atoms with van der Waals surface area (Å²) >= 11 is 0. The minimum absolute atomic E-state index is 0.185. The average molecular weight is 229 g/mol. The minimum Gasteiger partial charge on any atom is -0.271 e. The molecule has 2 aromatic rings. The number of aromatic nitrogens is 3. The van der Waals surface area contributed by atoms with E-state index in [-0.39, 0.29) is 6.04 Å². The molecule has 2 heterocycles. The second kappa shape index (κ2) is 4.99. The maximum Gasteiger partial charge on any atom is 0.0911 e. The lowest BCUT2D eigenvalue weighted by Gasteiger charge is -2.15. The first-order valence-electron chi connectivity index (χ1n) is 5.37. The molecule has 0 spiro atoms. The van der Waals surface area contributed by atoms with Crippen molar-refractivity contribution >= 4 is 0 Å². The van der Waals surface area contributed by atoms with Crippen molar-refractivity contribution in [1.82, 2.24) is 20.4 Å². The fraction of sp³-hybridized carbons (Fsp3) is 0.250. The molecule has 0 radical (unpaired) electrons. The van der Waals surface area contributed by atoms with Gasteiger partial charge in [0.05, 0.1) is 23.6 Å². The first-order chi connectivity index (χ1) is 8.20. The third kappa shape index (κ3) is 2.64. The largest absolute Gasteiger partial charge is 0.271 e. The van der Waals surface area contributed by atoms with Gasteiger partial charge < -0.3 is 0 Å². The highest BCUT2D eigenvalue weighted by atomic mass is 15.2. The molecule has 2 rings (SSSR count). The SMILES string of the molecule is Cc1cncc(C(NN)c2cnc(C)cn2)c1. The summed E-state index contributed by atoms with van der Waals surface area (Å²) in [5.74, 6) is 5.58. The van der Waals surface area contributed by atoms with Gasteiger partial charge in [-0.3, -0.25) is 20.8 Å². The Bertz CT molecular complexity index is 495. The second-order valence-electron chi connectivity index (χ2n) is 3.98. The van der Waals surface area contributed by atoms with E-state index in [0.29, 0.717) is 0 Å². The van der Waals surface area contributed by atoms with Gasteiger partial charge in [0.2, 0.25) is 0 Å². The van der Waals surface area contributed by atoms with E-state index in [4.69, 9.17) is 5.84 Å². The fourth-order valence-electron chi connectivity index (χ4n) is 1.64. The van der Waals surface area contributed by atoms with Crippen molar-refractivity contribution < 1.29 is 0 Å². The zero-order valence-corrected chi connectivity index (χ0v) is 9.88. The number of pyridine rings is 1. The Hall–Kier alpha value is -1.85. The van der Waals surface area contributed by atoms with Gasteiger partial charge >= 0.3 is 0 Å². The van der Waals surface area contributed by atoms with Crippen LogP contribution in [0.2, 0.25) is 0 Å². The first-order valence-corrected chi connectivity index (χ1v) is 5.37. The van der Waals surface area contributed by atoms with Crippen LogP contribution in [0.4, 0.5) is 0 Å². The Kier molecular flexibility index (Phi) is 3.41. The van der Waals surface area contributed by atoms with Crippen LogP contribution in [-0.2, 0) is 0 Å². The molecular formula is C12H15N5. The number of nitrogens with one attached hydrogen (secondary N) is 1. The highest BCUT2D eigenvalue weighted by Gasteiger charge is 2.14. The molecule has 0 aliphatic heterocycles. The first kappa shape index (κ1) is 11.6. The van der Waals surface area contributed by atoms with E-state index in [2.05, 4.69) is 20.4 Å². The van der Waals surface area contributed by atoms with E-state index in [1.807, 2.05) is 19.9 Å². The number of nitrogens with two attached hydrogens (primary N) is 1. The van der Waals surface area contributed by atoms with E-state index in [1.54, 1.807) is 24.8 Å². The molecule has 0 saturated heterocycles. The molecule has 3 N–H and O–H groups in total. The third-order valence-electron chi connectivity index (χ3n) is 2.49. The molecule has 0 aliphatic carbocycles. The molecular weight excluding hydrogens is 214 g/mol. The maximum atomic E-state index is 5.58. The Balaban J connectivity index is 2.36. The quantitative estimate of drug-likeness (QED) is 0.607. The summed E-state index contributed by atoms with van der Waals surface area (Å²) in [4.78, 5) is 12.7. The van der Waals surface area contributed by atoms with Gasteiger partial charge in [0.1, 0.15) is 0 Å². The van der Waals surface area contributed by atoms with Crippen LogP contribution >= 0.6 is 0 Å². The van der Waals surface area contributed by atoms with Crippen molar-refractivity contribution in [2.24, 2.45) is 5.84 Å². The van der Waals surface area contributed by atoms with E-state index in [0.717, 1.165) is 22.5 Å². The average Bonchev–Trinajstić information content (AvgIpc) is 2.33. The summed E-state index contributed by atoms with van der Waals surface area (Å²) in [6.45, 7) is 3.89. The van der Waals surface area contributed by atoms with Gasteiger partial charge in [-0.25, -0.2) is 5.43 Å². The van der Waals surface area contributed by atoms with Crippen LogP contribution in [0.25, 0.3) is 0 Å². The lowest BCUT2D eigenvalue weighted by atomic mass is 10.1. The van der Waals surface area contributed by atoms with Crippen molar-refractivity contribution in [3.05, 3.63) is 53.4 Å². The molecule has 0 aliphatic rings. The fourth-order valence-corrected chi connectivity index (χ4v) is 1.64. The molecule has 0 aromatic carbocycles. The van der Waals surface area contributed by atoms with Gasteiger partial charge in [0, 0.05) is 18.6 Å². The van der Waals surface area contributed by atoms with Gasteiger partial charge in [0.15, 0.2) is 0 Å². The number of hydrogen-bond donors (Lipinski definition) is 2. The molecule has 0 fully saturated rings. The van der Waals surface area contributed by atoms with Crippen molar-refractivity contribution in [2.75, 3.05) is 0 Å². The van der Waals surface area contributed by atoms with Gasteiger partial charge in [-0.05, 0) is 25.0 Å². The molecule has 5 heteroatoms. The van der Waals surface area contributed by atoms with Gasteiger partial charge in [0.25, 0.3) is 0 Å². The van der Waals surface area contributed by atoms with Crippen molar-refractivity contribution in [3.63, 3.8) is 0 Å². The molecule has 0 amide bonds. The molecule has 17 heavy (non-hydrogen) atoms. The topological polar surface area (TPSA) is 76.7 Å². The highest BCUT2D eigenvalue weighted by molar-refractivity contribution is 5.26. The zero-order valence-electron chi connectivity index (χ0n) is 9.88. The summed E-state index contributed by atoms with van der Waals surface area (Å²) in [5.41, 5.74) is 6.47. The number of hydrogen-bond acceptors (Lipinski definition) is 5. The number of rotatable bonds is 3. The van der Waals surface area contributed by atoms with Crippen molar-refractivity contribution in [3.8, 4) is 0 Å². The summed E-state index contributed by atoms with van der Waals surface area (Å²) < 4.78 is 0. The number of aryl methyl sites for hydroxylation is 2. The van der Waals surface area contributed by atoms with E-state index in [1.165, 1.54) is 0 Å². The van der Waals surface area contributed by atoms with Gasteiger partial charge in [-0.15, -0.1) is 0 Å². The summed E-state index contributed by atoms with van der Waals surface area (Å²) in [5, 5.41) is 0. The van der Waals surface area contributed by atoms with Crippen LogP contribution in [0.5, 0.6) is 0 Å². The molecule has 0 saturated carbocycles. The van der Waals surface area contributed by atoms with Crippen molar-refractivity contribution in [2.45, 2.75) is 19.9 Å². The minimum atomic E-state index is -0.185. The summed E-state index contributed by atoms with van der Waals surface area (Å²) in [6.07, 6.45) is 7.03. The number of hydrazine groups is 1. The second-order valence-corrected chi connectivity index (χ2v) is 3.98. The molecule has 88 valence electrons.